The molecule has 2 heterocycles. The fourth-order valence-corrected chi connectivity index (χ4v) is 3.44. The second-order valence-electron chi connectivity index (χ2n) is 6.32. The summed E-state index contributed by atoms with van der Waals surface area (Å²) in [4.78, 5) is 25.7. The van der Waals surface area contributed by atoms with E-state index < -0.39 is 17.8 Å². The van der Waals surface area contributed by atoms with Gasteiger partial charge in [-0.3, -0.25) is 9.59 Å². The van der Waals surface area contributed by atoms with Crippen molar-refractivity contribution in [2.75, 3.05) is 6.54 Å². The highest BCUT2D eigenvalue weighted by Gasteiger charge is 2.36. The molecule has 1 N–H and O–H groups in total. The van der Waals surface area contributed by atoms with E-state index in [9.17, 15) is 22.8 Å². The summed E-state index contributed by atoms with van der Waals surface area (Å²) in [5.41, 5.74) is 0.0170. The lowest BCUT2D eigenvalue weighted by molar-refractivity contribution is -0.138. The van der Waals surface area contributed by atoms with Gasteiger partial charge in [0.15, 0.2) is 0 Å². The second-order valence-corrected chi connectivity index (χ2v) is 6.32. The number of hydrogen-bond acceptors (Lipinski definition) is 2. The number of likely N-dealkylation sites (tertiary alicyclic amines) is 1. The van der Waals surface area contributed by atoms with Gasteiger partial charge in [0.25, 0.3) is 0 Å². The summed E-state index contributed by atoms with van der Waals surface area (Å²) in [5.74, 6) is -0.262. The first-order valence-electron chi connectivity index (χ1n) is 8.13. The highest BCUT2D eigenvalue weighted by molar-refractivity contribution is 5.91. The number of piperidine rings is 1. The third-order valence-corrected chi connectivity index (χ3v) is 4.70. The van der Waals surface area contributed by atoms with Crippen molar-refractivity contribution in [2.45, 2.75) is 50.4 Å². The van der Waals surface area contributed by atoms with Gasteiger partial charge < -0.3 is 10.2 Å². The molecule has 1 aromatic carbocycles. The Kier molecular flexibility index (Phi) is 4.51. The summed E-state index contributed by atoms with van der Waals surface area (Å²) >= 11 is 0. The van der Waals surface area contributed by atoms with E-state index in [4.69, 9.17) is 0 Å². The van der Waals surface area contributed by atoms with Crippen molar-refractivity contribution in [1.82, 2.24) is 10.2 Å². The van der Waals surface area contributed by atoms with E-state index in [0.29, 0.717) is 24.9 Å². The molecular weight excluding hydrogens is 321 g/mol. The predicted octanol–water partition coefficient (Wildman–Crippen LogP) is 3.04. The van der Waals surface area contributed by atoms with E-state index in [-0.39, 0.29) is 17.9 Å². The second kappa shape index (κ2) is 6.45. The van der Waals surface area contributed by atoms with Gasteiger partial charge in [0.05, 0.1) is 11.6 Å². The number of nitrogens with zero attached hydrogens (tertiary/aromatic N) is 1. The fraction of sp³-hybridized carbons (Fsp3) is 0.529. The number of benzene rings is 1. The number of carbonyl (C=O) groups is 2. The van der Waals surface area contributed by atoms with Gasteiger partial charge in [-0.05, 0) is 43.4 Å². The van der Waals surface area contributed by atoms with E-state index in [0.717, 1.165) is 31.4 Å². The van der Waals surface area contributed by atoms with Crippen molar-refractivity contribution in [1.29, 1.82) is 0 Å². The summed E-state index contributed by atoms with van der Waals surface area (Å²) in [6.07, 6.45) is -1.04. The molecule has 130 valence electrons. The van der Waals surface area contributed by atoms with E-state index >= 15 is 0 Å². The molecule has 2 aliphatic rings. The Morgan fingerprint density at radius 3 is 2.42 bits per heavy atom. The van der Waals surface area contributed by atoms with Crippen molar-refractivity contribution in [3.8, 4) is 0 Å². The minimum Gasteiger partial charge on any atom is -0.344 e. The lowest BCUT2D eigenvalue weighted by atomic mass is 9.93. The maximum Gasteiger partial charge on any atom is 0.416 e. The van der Waals surface area contributed by atoms with Gasteiger partial charge in [-0.1, -0.05) is 12.1 Å². The minimum atomic E-state index is -4.37. The van der Waals surface area contributed by atoms with Gasteiger partial charge in [-0.15, -0.1) is 0 Å². The lowest BCUT2D eigenvalue weighted by Crippen LogP contribution is -2.47. The minimum absolute atomic E-state index is 0.128. The van der Waals surface area contributed by atoms with E-state index in [1.54, 1.807) is 4.90 Å². The Hall–Kier alpha value is -2.05. The first kappa shape index (κ1) is 16.8. The van der Waals surface area contributed by atoms with Gasteiger partial charge in [-0.25, -0.2) is 0 Å². The summed E-state index contributed by atoms with van der Waals surface area (Å²) in [5, 5.41) is 2.67. The fourth-order valence-electron chi connectivity index (χ4n) is 3.44. The van der Waals surface area contributed by atoms with Crippen molar-refractivity contribution in [3.63, 3.8) is 0 Å². The van der Waals surface area contributed by atoms with Gasteiger partial charge in [-0.2, -0.15) is 13.2 Å². The predicted molar refractivity (Wildman–Crippen MR) is 80.9 cm³/mol. The van der Waals surface area contributed by atoms with Crippen LogP contribution in [-0.4, -0.2) is 29.3 Å². The molecule has 2 amide bonds. The number of alkyl halides is 3. The number of amides is 2. The summed E-state index contributed by atoms with van der Waals surface area (Å²) < 4.78 is 38.1. The maximum atomic E-state index is 12.7. The Morgan fingerprint density at radius 1 is 1.12 bits per heavy atom. The van der Waals surface area contributed by atoms with Crippen LogP contribution in [0, 0.1) is 0 Å². The smallest absolute Gasteiger partial charge is 0.344 e. The molecule has 0 bridgehead atoms. The third kappa shape index (κ3) is 3.39. The normalized spacial score (nSPS) is 24.8. The molecule has 24 heavy (non-hydrogen) atoms. The molecular formula is C17H19F3N2O2. The Labute approximate surface area is 138 Å². The lowest BCUT2D eigenvalue weighted by Gasteiger charge is -2.37. The summed E-state index contributed by atoms with van der Waals surface area (Å²) in [7, 11) is 0. The monoisotopic (exact) mass is 340 g/mol. The molecule has 0 aromatic heterocycles. The van der Waals surface area contributed by atoms with E-state index in [1.165, 1.54) is 12.1 Å². The molecule has 0 aliphatic carbocycles. The van der Waals surface area contributed by atoms with Gasteiger partial charge >= 0.3 is 6.18 Å². The molecule has 2 saturated heterocycles. The number of halogens is 3. The first-order valence-corrected chi connectivity index (χ1v) is 8.13. The van der Waals surface area contributed by atoms with Crippen LogP contribution in [0.15, 0.2) is 24.3 Å². The van der Waals surface area contributed by atoms with Crippen LogP contribution in [0.3, 0.4) is 0 Å². The number of hydrogen-bond donors (Lipinski definition) is 1. The summed E-state index contributed by atoms with van der Waals surface area (Å²) in [6.45, 7) is 0.566. The Bertz CT molecular complexity index is 628. The van der Waals surface area contributed by atoms with Crippen molar-refractivity contribution < 1.29 is 22.8 Å². The third-order valence-electron chi connectivity index (χ3n) is 4.70. The van der Waals surface area contributed by atoms with E-state index in [2.05, 4.69) is 5.32 Å². The van der Waals surface area contributed by atoms with Crippen LogP contribution in [-0.2, 0) is 15.8 Å². The topological polar surface area (TPSA) is 49.4 Å². The Morgan fingerprint density at radius 2 is 1.83 bits per heavy atom. The molecule has 2 atom stereocenters. The molecule has 2 fully saturated rings. The molecule has 0 radical (unpaired) electrons. The molecule has 0 unspecified atom stereocenters. The molecule has 4 nitrogen and oxygen atoms in total. The molecule has 7 heteroatoms. The quantitative estimate of drug-likeness (QED) is 0.900. The number of carbonyl (C=O) groups excluding carboxylic acids is 2. The zero-order valence-corrected chi connectivity index (χ0v) is 13.1. The molecule has 2 aliphatic heterocycles. The van der Waals surface area contributed by atoms with Crippen LogP contribution in [0.1, 0.15) is 49.3 Å². The molecule has 1 aromatic rings. The van der Waals surface area contributed by atoms with Gasteiger partial charge in [0, 0.05) is 13.0 Å². The largest absolute Gasteiger partial charge is 0.416 e. The number of rotatable bonds is 2. The zero-order chi connectivity index (χ0) is 17.3. The van der Waals surface area contributed by atoms with Crippen LogP contribution in [0.4, 0.5) is 13.2 Å². The summed E-state index contributed by atoms with van der Waals surface area (Å²) in [6, 6.07) is 4.28. The highest BCUT2D eigenvalue weighted by atomic mass is 19.4. The van der Waals surface area contributed by atoms with Crippen molar-refractivity contribution >= 4 is 11.8 Å². The first-order chi connectivity index (χ1) is 11.4. The van der Waals surface area contributed by atoms with Crippen LogP contribution in [0.5, 0.6) is 0 Å². The Balaban J connectivity index is 1.79. The van der Waals surface area contributed by atoms with E-state index in [1.807, 2.05) is 0 Å². The standard InChI is InChI=1S/C17H19F3N2O2/c18-17(19,20)12-6-4-11(5-7-12)14-3-1-2-10-22(14)16(24)13-8-9-15(23)21-13/h4-7,13-14H,1-3,8-10H2,(H,21,23)/t13-,14+/m0/s1. The molecule has 0 saturated carbocycles. The SMILES string of the molecule is O=C1CC[C@@H](C(=O)N2CCCC[C@@H]2c2ccc(C(F)(F)F)cc2)N1. The van der Waals surface area contributed by atoms with Gasteiger partial charge in [0.2, 0.25) is 11.8 Å². The van der Waals surface area contributed by atoms with Crippen LogP contribution in [0.25, 0.3) is 0 Å². The number of nitrogens with one attached hydrogen (secondary N) is 1. The van der Waals surface area contributed by atoms with Crippen LogP contribution >= 0.6 is 0 Å². The zero-order valence-electron chi connectivity index (χ0n) is 13.1. The average Bonchev–Trinajstić information content (AvgIpc) is 3.00. The average molecular weight is 340 g/mol. The maximum absolute atomic E-state index is 12.7. The van der Waals surface area contributed by atoms with Crippen molar-refractivity contribution in [2.24, 2.45) is 0 Å². The van der Waals surface area contributed by atoms with Crippen molar-refractivity contribution in [3.05, 3.63) is 35.4 Å². The molecule has 0 spiro atoms. The molecule has 3 rings (SSSR count). The van der Waals surface area contributed by atoms with Crippen LogP contribution in [0.2, 0.25) is 0 Å². The highest BCUT2D eigenvalue weighted by Crippen LogP contribution is 2.34. The van der Waals surface area contributed by atoms with Crippen LogP contribution < -0.4 is 5.32 Å². The van der Waals surface area contributed by atoms with Gasteiger partial charge in [0.1, 0.15) is 6.04 Å².